The first kappa shape index (κ1) is 9.59. The third-order valence-corrected chi connectivity index (χ3v) is 2.88. The molecule has 76 valence electrons. The first-order chi connectivity index (χ1) is 6.84. The second kappa shape index (κ2) is 4.51. The summed E-state index contributed by atoms with van der Waals surface area (Å²) in [6.07, 6.45) is 9.03. The van der Waals surface area contributed by atoms with Gasteiger partial charge in [-0.3, -0.25) is 9.97 Å². The van der Waals surface area contributed by atoms with Crippen molar-refractivity contribution in [3.8, 4) is 0 Å². The highest BCUT2D eigenvalue weighted by atomic mass is 14.9. The normalized spacial score (nSPS) is 27.5. The average molecular weight is 191 g/mol. The fourth-order valence-electron chi connectivity index (χ4n) is 1.96. The Balaban J connectivity index is 1.87. The van der Waals surface area contributed by atoms with Crippen LogP contribution in [0.2, 0.25) is 0 Å². The summed E-state index contributed by atoms with van der Waals surface area (Å²) in [7, 11) is 0. The van der Waals surface area contributed by atoms with E-state index in [0.29, 0.717) is 6.04 Å². The SMILES string of the molecule is CC1CCC(Cc2cnccn2)CN1. The molecule has 2 atom stereocenters. The monoisotopic (exact) mass is 191 g/mol. The number of nitrogens with zero attached hydrogens (tertiary/aromatic N) is 2. The van der Waals surface area contributed by atoms with Gasteiger partial charge in [-0.2, -0.15) is 0 Å². The third kappa shape index (κ3) is 2.51. The summed E-state index contributed by atoms with van der Waals surface area (Å²) in [6, 6.07) is 0.688. The molecule has 1 fully saturated rings. The Morgan fingerprint density at radius 1 is 1.43 bits per heavy atom. The summed E-state index contributed by atoms with van der Waals surface area (Å²) >= 11 is 0. The quantitative estimate of drug-likeness (QED) is 0.768. The van der Waals surface area contributed by atoms with E-state index in [4.69, 9.17) is 0 Å². The van der Waals surface area contributed by atoms with Crippen molar-refractivity contribution in [1.29, 1.82) is 0 Å². The smallest absolute Gasteiger partial charge is 0.0589 e. The second-order valence-electron chi connectivity index (χ2n) is 4.15. The summed E-state index contributed by atoms with van der Waals surface area (Å²) in [5.41, 5.74) is 1.12. The minimum atomic E-state index is 0.688. The molecule has 2 rings (SSSR count). The van der Waals surface area contributed by atoms with Crippen molar-refractivity contribution in [2.75, 3.05) is 6.54 Å². The molecule has 1 aromatic rings. The maximum Gasteiger partial charge on any atom is 0.0589 e. The largest absolute Gasteiger partial charge is 0.314 e. The molecule has 0 spiro atoms. The van der Waals surface area contributed by atoms with Crippen molar-refractivity contribution < 1.29 is 0 Å². The van der Waals surface area contributed by atoms with E-state index >= 15 is 0 Å². The second-order valence-corrected chi connectivity index (χ2v) is 4.15. The van der Waals surface area contributed by atoms with Crippen LogP contribution in [0, 0.1) is 5.92 Å². The lowest BCUT2D eigenvalue weighted by Gasteiger charge is -2.27. The Morgan fingerprint density at radius 2 is 2.36 bits per heavy atom. The Kier molecular flexibility index (Phi) is 3.09. The van der Waals surface area contributed by atoms with Gasteiger partial charge in [0.2, 0.25) is 0 Å². The standard InChI is InChI=1S/C11H17N3/c1-9-2-3-10(7-14-9)6-11-8-12-4-5-13-11/h4-5,8-10,14H,2-3,6-7H2,1H3. The lowest BCUT2D eigenvalue weighted by Crippen LogP contribution is -2.37. The first-order valence-electron chi connectivity index (χ1n) is 5.33. The molecule has 3 nitrogen and oxygen atoms in total. The zero-order valence-electron chi connectivity index (χ0n) is 8.61. The van der Waals surface area contributed by atoms with Gasteiger partial charge in [-0.25, -0.2) is 0 Å². The summed E-state index contributed by atoms with van der Waals surface area (Å²) in [4.78, 5) is 8.38. The summed E-state index contributed by atoms with van der Waals surface area (Å²) < 4.78 is 0. The fraction of sp³-hybridized carbons (Fsp3) is 0.636. The summed E-state index contributed by atoms with van der Waals surface area (Å²) in [6.45, 7) is 3.37. The Morgan fingerprint density at radius 3 is 3.00 bits per heavy atom. The minimum Gasteiger partial charge on any atom is -0.314 e. The highest BCUT2D eigenvalue weighted by Gasteiger charge is 2.17. The van der Waals surface area contributed by atoms with Gasteiger partial charge in [-0.05, 0) is 38.6 Å². The first-order valence-corrected chi connectivity index (χ1v) is 5.33. The van der Waals surface area contributed by atoms with E-state index in [1.54, 1.807) is 12.4 Å². The topological polar surface area (TPSA) is 37.8 Å². The van der Waals surface area contributed by atoms with Gasteiger partial charge in [-0.15, -0.1) is 0 Å². The van der Waals surface area contributed by atoms with Crippen molar-refractivity contribution in [2.24, 2.45) is 5.92 Å². The molecule has 0 aromatic carbocycles. The van der Waals surface area contributed by atoms with Crippen LogP contribution < -0.4 is 5.32 Å². The van der Waals surface area contributed by atoms with Crippen LogP contribution in [0.25, 0.3) is 0 Å². The van der Waals surface area contributed by atoms with E-state index < -0.39 is 0 Å². The van der Waals surface area contributed by atoms with E-state index in [0.717, 1.165) is 24.6 Å². The number of piperidine rings is 1. The highest BCUT2D eigenvalue weighted by Crippen LogP contribution is 2.17. The molecule has 0 aliphatic carbocycles. The van der Waals surface area contributed by atoms with Crippen LogP contribution in [-0.2, 0) is 6.42 Å². The molecule has 1 N–H and O–H groups in total. The summed E-state index contributed by atoms with van der Waals surface area (Å²) in [5.74, 6) is 0.739. The van der Waals surface area contributed by atoms with Crippen molar-refractivity contribution in [2.45, 2.75) is 32.2 Å². The average Bonchev–Trinajstić information content (AvgIpc) is 2.23. The Bertz CT molecular complexity index is 265. The molecule has 0 amide bonds. The number of nitrogens with one attached hydrogen (secondary N) is 1. The van der Waals surface area contributed by atoms with Crippen LogP contribution in [0.15, 0.2) is 18.6 Å². The molecule has 2 unspecified atom stereocenters. The van der Waals surface area contributed by atoms with E-state index in [1.807, 2.05) is 6.20 Å². The van der Waals surface area contributed by atoms with Crippen LogP contribution in [0.1, 0.15) is 25.5 Å². The molecular weight excluding hydrogens is 174 g/mol. The zero-order chi connectivity index (χ0) is 9.80. The molecule has 1 aromatic heterocycles. The maximum absolute atomic E-state index is 4.30. The van der Waals surface area contributed by atoms with Crippen LogP contribution in [0.4, 0.5) is 0 Å². The maximum atomic E-state index is 4.30. The molecule has 0 radical (unpaired) electrons. The van der Waals surface area contributed by atoms with Crippen molar-refractivity contribution in [1.82, 2.24) is 15.3 Å². The van der Waals surface area contributed by atoms with Gasteiger partial charge in [0.25, 0.3) is 0 Å². The van der Waals surface area contributed by atoms with E-state index in [2.05, 4.69) is 22.2 Å². The van der Waals surface area contributed by atoms with Gasteiger partial charge in [0.15, 0.2) is 0 Å². The summed E-state index contributed by atoms with van der Waals surface area (Å²) in [5, 5.41) is 3.50. The van der Waals surface area contributed by atoms with Crippen LogP contribution >= 0.6 is 0 Å². The molecule has 0 bridgehead atoms. The highest BCUT2D eigenvalue weighted by molar-refractivity contribution is 4.97. The molecule has 1 aliphatic heterocycles. The van der Waals surface area contributed by atoms with E-state index in [1.165, 1.54) is 12.8 Å². The lowest BCUT2D eigenvalue weighted by atomic mass is 9.92. The number of aromatic nitrogens is 2. The Labute approximate surface area is 85.0 Å². The minimum absolute atomic E-state index is 0.688. The number of hydrogen-bond donors (Lipinski definition) is 1. The molecule has 3 heteroatoms. The molecule has 1 aliphatic rings. The predicted molar refractivity (Wildman–Crippen MR) is 55.9 cm³/mol. The van der Waals surface area contributed by atoms with Gasteiger partial charge in [0.05, 0.1) is 5.69 Å². The molecule has 14 heavy (non-hydrogen) atoms. The van der Waals surface area contributed by atoms with Gasteiger partial charge >= 0.3 is 0 Å². The van der Waals surface area contributed by atoms with Gasteiger partial charge < -0.3 is 5.32 Å². The fourth-order valence-corrected chi connectivity index (χ4v) is 1.96. The molecule has 1 saturated heterocycles. The predicted octanol–water partition coefficient (Wildman–Crippen LogP) is 1.41. The van der Waals surface area contributed by atoms with Gasteiger partial charge in [-0.1, -0.05) is 0 Å². The lowest BCUT2D eigenvalue weighted by molar-refractivity contribution is 0.320. The van der Waals surface area contributed by atoms with Gasteiger partial charge in [0, 0.05) is 24.6 Å². The van der Waals surface area contributed by atoms with E-state index in [-0.39, 0.29) is 0 Å². The van der Waals surface area contributed by atoms with Crippen LogP contribution in [-0.4, -0.2) is 22.6 Å². The van der Waals surface area contributed by atoms with Crippen LogP contribution in [0.5, 0.6) is 0 Å². The van der Waals surface area contributed by atoms with Crippen molar-refractivity contribution in [3.63, 3.8) is 0 Å². The van der Waals surface area contributed by atoms with Crippen molar-refractivity contribution >= 4 is 0 Å². The number of hydrogen-bond acceptors (Lipinski definition) is 3. The molecular formula is C11H17N3. The van der Waals surface area contributed by atoms with Crippen molar-refractivity contribution in [3.05, 3.63) is 24.3 Å². The Hall–Kier alpha value is -0.960. The third-order valence-electron chi connectivity index (χ3n) is 2.88. The van der Waals surface area contributed by atoms with Crippen LogP contribution in [0.3, 0.4) is 0 Å². The molecule has 2 heterocycles. The zero-order valence-corrected chi connectivity index (χ0v) is 8.61. The molecule has 0 saturated carbocycles. The number of rotatable bonds is 2. The van der Waals surface area contributed by atoms with E-state index in [9.17, 15) is 0 Å². The van der Waals surface area contributed by atoms with Gasteiger partial charge in [0.1, 0.15) is 0 Å².